The number of thiophene rings is 1. The van der Waals surface area contributed by atoms with E-state index in [2.05, 4.69) is 15.9 Å². The normalized spacial score (nSPS) is 18.9. The molecule has 1 N–H and O–H groups in total. The Labute approximate surface area is 128 Å². The molecule has 0 saturated carbocycles. The molecule has 110 valence electrons. The molecule has 1 aliphatic heterocycles. The molecule has 1 aromatic rings. The van der Waals surface area contributed by atoms with Gasteiger partial charge >= 0.3 is 5.97 Å². The first-order valence-corrected chi connectivity index (χ1v) is 7.53. The fraction of sp³-hybridized carbons (Fsp3) is 0.500. The number of amides is 1. The fourth-order valence-electron chi connectivity index (χ4n) is 1.95. The topological polar surface area (TPSA) is 76.1 Å². The summed E-state index contributed by atoms with van der Waals surface area (Å²) in [4.78, 5) is 26.3. The molecule has 0 unspecified atom stereocenters. The standard InChI is InChI=1S/C12H14BrNO5S/c1-6-8(13)9(18-2)10(20-6)11(15)14-3-4-19-7(5-14)12(16)17/h7H,3-5H2,1-2H3,(H,16,17)/t7-/m0/s1. The molecule has 1 fully saturated rings. The van der Waals surface area contributed by atoms with E-state index in [1.54, 1.807) is 0 Å². The van der Waals surface area contributed by atoms with Gasteiger partial charge < -0.3 is 19.5 Å². The summed E-state index contributed by atoms with van der Waals surface area (Å²) in [5, 5.41) is 8.96. The summed E-state index contributed by atoms with van der Waals surface area (Å²) >= 11 is 4.71. The minimum Gasteiger partial charge on any atom is -0.494 e. The van der Waals surface area contributed by atoms with Crippen molar-refractivity contribution in [3.63, 3.8) is 0 Å². The van der Waals surface area contributed by atoms with Crippen LogP contribution < -0.4 is 4.74 Å². The summed E-state index contributed by atoms with van der Waals surface area (Å²) in [6, 6.07) is 0. The van der Waals surface area contributed by atoms with Crippen LogP contribution in [0.4, 0.5) is 0 Å². The van der Waals surface area contributed by atoms with Crippen LogP contribution in [-0.2, 0) is 9.53 Å². The molecule has 20 heavy (non-hydrogen) atoms. The Hall–Kier alpha value is -1.12. The van der Waals surface area contributed by atoms with Gasteiger partial charge in [0, 0.05) is 11.4 Å². The molecule has 6 nitrogen and oxygen atoms in total. The highest BCUT2D eigenvalue weighted by Gasteiger charge is 2.32. The molecular formula is C12H14BrNO5S. The van der Waals surface area contributed by atoms with Crippen molar-refractivity contribution in [2.75, 3.05) is 26.8 Å². The number of ether oxygens (including phenoxy) is 2. The number of morpholine rings is 1. The monoisotopic (exact) mass is 363 g/mol. The van der Waals surface area contributed by atoms with Gasteiger partial charge in [0.05, 0.1) is 24.7 Å². The maximum Gasteiger partial charge on any atom is 0.334 e. The van der Waals surface area contributed by atoms with Gasteiger partial charge in [0.1, 0.15) is 4.88 Å². The van der Waals surface area contributed by atoms with E-state index in [1.165, 1.54) is 23.3 Å². The van der Waals surface area contributed by atoms with Crippen molar-refractivity contribution in [2.45, 2.75) is 13.0 Å². The minimum absolute atomic E-state index is 0.0475. The third-order valence-corrected chi connectivity index (χ3v) is 5.29. The van der Waals surface area contributed by atoms with Crippen LogP contribution in [0.3, 0.4) is 0 Å². The van der Waals surface area contributed by atoms with Gasteiger partial charge in [-0.1, -0.05) is 0 Å². The number of halogens is 1. The van der Waals surface area contributed by atoms with Gasteiger partial charge in [-0.3, -0.25) is 4.79 Å². The SMILES string of the molecule is COc1c(C(=O)N2CCO[C@H](C(=O)O)C2)sc(C)c1Br. The third-order valence-electron chi connectivity index (χ3n) is 3.00. The largest absolute Gasteiger partial charge is 0.494 e. The van der Waals surface area contributed by atoms with Crippen LogP contribution in [0, 0.1) is 6.92 Å². The molecule has 1 aliphatic rings. The molecule has 1 atom stereocenters. The van der Waals surface area contributed by atoms with Crippen molar-refractivity contribution < 1.29 is 24.2 Å². The Balaban J connectivity index is 2.23. The van der Waals surface area contributed by atoms with E-state index in [0.29, 0.717) is 17.2 Å². The van der Waals surface area contributed by atoms with Gasteiger partial charge in [-0.25, -0.2) is 4.79 Å². The van der Waals surface area contributed by atoms with E-state index >= 15 is 0 Å². The molecule has 2 heterocycles. The molecule has 0 spiro atoms. The van der Waals surface area contributed by atoms with E-state index in [9.17, 15) is 9.59 Å². The molecule has 1 aromatic heterocycles. The Morgan fingerprint density at radius 3 is 2.85 bits per heavy atom. The van der Waals surface area contributed by atoms with E-state index < -0.39 is 12.1 Å². The lowest BCUT2D eigenvalue weighted by Gasteiger charge is -2.30. The molecule has 8 heteroatoms. The number of carboxylic acid groups (broad SMARTS) is 1. The lowest BCUT2D eigenvalue weighted by Crippen LogP contribution is -2.48. The molecule has 0 aliphatic carbocycles. The smallest absolute Gasteiger partial charge is 0.334 e. The number of carbonyl (C=O) groups excluding carboxylic acids is 1. The number of hydrogen-bond acceptors (Lipinski definition) is 5. The van der Waals surface area contributed by atoms with E-state index in [1.807, 2.05) is 6.92 Å². The predicted molar refractivity (Wildman–Crippen MR) is 76.6 cm³/mol. The zero-order chi connectivity index (χ0) is 14.9. The highest BCUT2D eigenvalue weighted by molar-refractivity contribution is 9.10. The first-order chi connectivity index (χ1) is 9.45. The molecule has 0 bridgehead atoms. The maximum absolute atomic E-state index is 12.5. The van der Waals surface area contributed by atoms with Gasteiger partial charge in [0.15, 0.2) is 11.9 Å². The second-order valence-corrected chi connectivity index (χ2v) is 6.30. The quantitative estimate of drug-likeness (QED) is 0.885. The summed E-state index contributed by atoms with van der Waals surface area (Å²) in [7, 11) is 1.50. The first kappa shape index (κ1) is 15.3. The van der Waals surface area contributed by atoms with Crippen LogP contribution in [0.5, 0.6) is 5.75 Å². The summed E-state index contributed by atoms with van der Waals surface area (Å²) in [6.45, 7) is 2.52. The first-order valence-electron chi connectivity index (χ1n) is 5.92. The number of nitrogens with zero attached hydrogens (tertiary/aromatic N) is 1. The van der Waals surface area contributed by atoms with Gasteiger partial charge in [-0.05, 0) is 22.9 Å². The number of aliphatic carboxylic acids is 1. The minimum atomic E-state index is -1.06. The van der Waals surface area contributed by atoms with Crippen molar-refractivity contribution in [1.82, 2.24) is 4.90 Å². The van der Waals surface area contributed by atoms with Gasteiger partial charge in [0.25, 0.3) is 5.91 Å². The number of aryl methyl sites for hydroxylation is 1. The van der Waals surface area contributed by atoms with Crippen LogP contribution in [0.2, 0.25) is 0 Å². The zero-order valence-electron chi connectivity index (χ0n) is 11.0. The average Bonchev–Trinajstić information content (AvgIpc) is 2.73. The highest BCUT2D eigenvalue weighted by Crippen LogP contribution is 2.39. The zero-order valence-corrected chi connectivity index (χ0v) is 13.4. The second kappa shape index (κ2) is 6.11. The predicted octanol–water partition coefficient (Wildman–Crippen LogP) is 1.75. The number of carbonyl (C=O) groups is 2. The molecular weight excluding hydrogens is 350 g/mol. The fourth-order valence-corrected chi connectivity index (χ4v) is 3.67. The van der Waals surface area contributed by atoms with Crippen molar-refractivity contribution in [3.05, 3.63) is 14.2 Å². The van der Waals surface area contributed by atoms with Crippen LogP contribution >= 0.6 is 27.3 Å². The Bertz CT molecular complexity index is 544. The number of carboxylic acids is 1. The van der Waals surface area contributed by atoms with Gasteiger partial charge in [0.2, 0.25) is 0 Å². The molecule has 2 rings (SSSR count). The molecule has 1 amide bonds. The van der Waals surface area contributed by atoms with Crippen molar-refractivity contribution in [2.24, 2.45) is 0 Å². The number of methoxy groups -OCH3 is 1. The van der Waals surface area contributed by atoms with Gasteiger partial charge in [-0.15, -0.1) is 11.3 Å². The Kier molecular flexibility index (Phi) is 4.66. The lowest BCUT2D eigenvalue weighted by atomic mass is 10.2. The highest BCUT2D eigenvalue weighted by atomic mass is 79.9. The molecule has 1 saturated heterocycles. The van der Waals surface area contributed by atoms with Crippen molar-refractivity contribution in [1.29, 1.82) is 0 Å². The van der Waals surface area contributed by atoms with Crippen LogP contribution in [0.25, 0.3) is 0 Å². The lowest BCUT2D eigenvalue weighted by molar-refractivity contribution is -0.154. The Morgan fingerprint density at radius 1 is 1.55 bits per heavy atom. The molecule has 0 aromatic carbocycles. The Morgan fingerprint density at radius 2 is 2.25 bits per heavy atom. The third kappa shape index (κ3) is 2.82. The molecule has 0 radical (unpaired) electrons. The summed E-state index contributed by atoms with van der Waals surface area (Å²) in [5.74, 6) is -0.788. The number of hydrogen-bond donors (Lipinski definition) is 1. The van der Waals surface area contributed by atoms with Crippen molar-refractivity contribution >= 4 is 39.1 Å². The van der Waals surface area contributed by atoms with Crippen LogP contribution in [-0.4, -0.2) is 54.8 Å². The summed E-state index contributed by atoms with van der Waals surface area (Å²) in [5.41, 5.74) is 0. The van der Waals surface area contributed by atoms with Crippen LogP contribution in [0.15, 0.2) is 4.47 Å². The van der Waals surface area contributed by atoms with E-state index in [0.717, 1.165) is 9.35 Å². The van der Waals surface area contributed by atoms with E-state index in [4.69, 9.17) is 14.6 Å². The average molecular weight is 364 g/mol. The summed E-state index contributed by atoms with van der Waals surface area (Å²) in [6.07, 6.45) is -0.969. The second-order valence-electron chi connectivity index (χ2n) is 4.28. The number of rotatable bonds is 3. The van der Waals surface area contributed by atoms with E-state index in [-0.39, 0.29) is 19.1 Å². The maximum atomic E-state index is 12.5. The van der Waals surface area contributed by atoms with Crippen molar-refractivity contribution in [3.8, 4) is 5.75 Å². The summed E-state index contributed by atoms with van der Waals surface area (Å²) < 4.78 is 11.1. The van der Waals surface area contributed by atoms with Crippen LogP contribution in [0.1, 0.15) is 14.5 Å². The van der Waals surface area contributed by atoms with Gasteiger partial charge in [-0.2, -0.15) is 0 Å².